The molecule has 0 saturated carbocycles. The fourth-order valence-corrected chi connectivity index (χ4v) is 3.62. The molecule has 5 heteroatoms. The van der Waals surface area contributed by atoms with Crippen molar-refractivity contribution in [2.24, 2.45) is 0 Å². The molecule has 3 atom stereocenters. The highest BCUT2D eigenvalue weighted by molar-refractivity contribution is 6.30. The van der Waals surface area contributed by atoms with E-state index in [4.69, 9.17) is 21.1 Å². The predicted octanol–water partition coefficient (Wildman–Crippen LogP) is 2.68. The van der Waals surface area contributed by atoms with E-state index < -0.39 is 0 Å². The molecule has 0 aliphatic carbocycles. The summed E-state index contributed by atoms with van der Waals surface area (Å²) in [5.41, 5.74) is 1.14. The van der Waals surface area contributed by atoms with Crippen molar-refractivity contribution < 1.29 is 14.3 Å². The van der Waals surface area contributed by atoms with Gasteiger partial charge in [-0.05, 0) is 37.0 Å². The number of aryl methyl sites for hydroxylation is 1. The summed E-state index contributed by atoms with van der Waals surface area (Å²) in [5.74, 6) is 0.213. The molecule has 0 N–H and O–H groups in total. The van der Waals surface area contributed by atoms with E-state index in [9.17, 15) is 4.79 Å². The fraction of sp³-hybridized carbons (Fsp3) is 0.588. The van der Waals surface area contributed by atoms with Crippen molar-refractivity contribution in [1.82, 2.24) is 4.90 Å². The molecule has 22 heavy (non-hydrogen) atoms. The Kier molecular flexibility index (Phi) is 5.01. The van der Waals surface area contributed by atoms with Crippen LogP contribution in [-0.4, -0.2) is 49.3 Å². The molecule has 0 aromatic heterocycles. The van der Waals surface area contributed by atoms with Gasteiger partial charge in [-0.1, -0.05) is 23.7 Å². The van der Waals surface area contributed by atoms with Gasteiger partial charge in [-0.2, -0.15) is 0 Å². The van der Waals surface area contributed by atoms with Crippen LogP contribution in [-0.2, 0) is 20.7 Å². The van der Waals surface area contributed by atoms with E-state index in [1.165, 1.54) is 0 Å². The minimum absolute atomic E-state index is 0.0400. The van der Waals surface area contributed by atoms with Gasteiger partial charge in [0.2, 0.25) is 5.91 Å². The predicted molar refractivity (Wildman–Crippen MR) is 85.0 cm³/mol. The summed E-state index contributed by atoms with van der Waals surface area (Å²) in [4.78, 5) is 14.6. The molecule has 3 rings (SSSR count). The van der Waals surface area contributed by atoms with Crippen molar-refractivity contribution >= 4 is 17.5 Å². The number of piperidine rings is 1. The Morgan fingerprint density at radius 3 is 2.86 bits per heavy atom. The number of likely N-dealkylation sites (tertiary alicyclic amines) is 1. The molecule has 0 spiro atoms. The number of ether oxygens (including phenoxy) is 2. The van der Waals surface area contributed by atoms with Crippen LogP contribution in [0.2, 0.25) is 5.02 Å². The molecule has 1 amide bonds. The molecule has 0 radical (unpaired) electrons. The van der Waals surface area contributed by atoms with Gasteiger partial charge in [-0.25, -0.2) is 0 Å². The number of carbonyl (C=O) groups excluding carboxylic acids is 1. The number of nitrogens with zero attached hydrogens (tertiary/aromatic N) is 1. The maximum atomic E-state index is 12.6. The number of carbonyl (C=O) groups is 1. The van der Waals surface area contributed by atoms with Gasteiger partial charge in [0.05, 0.1) is 12.1 Å². The number of hydrogen-bond donors (Lipinski definition) is 0. The smallest absolute Gasteiger partial charge is 0.223 e. The van der Waals surface area contributed by atoms with Crippen LogP contribution in [0.25, 0.3) is 0 Å². The van der Waals surface area contributed by atoms with Crippen LogP contribution in [0.1, 0.15) is 24.8 Å². The van der Waals surface area contributed by atoms with Gasteiger partial charge in [0.25, 0.3) is 0 Å². The lowest BCUT2D eigenvalue weighted by Gasteiger charge is -2.40. The number of rotatable bonds is 4. The zero-order chi connectivity index (χ0) is 15.5. The van der Waals surface area contributed by atoms with Crippen LogP contribution in [0.4, 0.5) is 0 Å². The van der Waals surface area contributed by atoms with Crippen LogP contribution in [0.5, 0.6) is 0 Å². The molecule has 2 saturated heterocycles. The Balaban J connectivity index is 1.59. The summed E-state index contributed by atoms with van der Waals surface area (Å²) < 4.78 is 11.3. The lowest BCUT2D eigenvalue weighted by atomic mass is 9.95. The molecule has 2 aliphatic rings. The number of halogens is 1. The first-order valence-corrected chi connectivity index (χ1v) is 8.25. The van der Waals surface area contributed by atoms with Gasteiger partial charge in [-0.3, -0.25) is 4.79 Å². The van der Waals surface area contributed by atoms with Crippen molar-refractivity contribution in [1.29, 1.82) is 0 Å². The standard InChI is InChI=1S/C17H22ClNO3/c1-21-15-8-10-19(14-9-11-22-17(14)15)16(20)7-4-12-2-5-13(18)6-3-12/h2-3,5-6,14-15,17H,4,7-11H2,1H3/t14-,15-,17-/m0/s1. The first kappa shape index (κ1) is 15.8. The largest absolute Gasteiger partial charge is 0.379 e. The van der Waals surface area contributed by atoms with Crippen LogP contribution >= 0.6 is 11.6 Å². The Labute approximate surface area is 136 Å². The lowest BCUT2D eigenvalue weighted by Crippen LogP contribution is -2.55. The summed E-state index contributed by atoms with van der Waals surface area (Å²) in [6, 6.07) is 7.87. The summed E-state index contributed by atoms with van der Waals surface area (Å²) >= 11 is 5.88. The highest BCUT2D eigenvalue weighted by Crippen LogP contribution is 2.30. The number of amides is 1. The Bertz CT molecular complexity index is 519. The summed E-state index contributed by atoms with van der Waals surface area (Å²) in [5, 5.41) is 0.725. The van der Waals surface area contributed by atoms with E-state index in [0.717, 1.165) is 43.0 Å². The topological polar surface area (TPSA) is 38.8 Å². The number of benzene rings is 1. The molecule has 1 aromatic rings. The average Bonchev–Trinajstić information content (AvgIpc) is 3.02. The van der Waals surface area contributed by atoms with E-state index in [2.05, 4.69) is 0 Å². The summed E-state index contributed by atoms with van der Waals surface area (Å²) in [6.07, 6.45) is 3.20. The van der Waals surface area contributed by atoms with E-state index in [0.29, 0.717) is 6.42 Å². The van der Waals surface area contributed by atoms with Crippen molar-refractivity contribution in [2.75, 3.05) is 20.3 Å². The monoisotopic (exact) mass is 323 g/mol. The molecule has 2 heterocycles. The molecular weight excluding hydrogens is 302 g/mol. The Morgan fingerprint density at radius 2 is 2.14 bits per heavy atom. The first-order chi connectivity index (χ1) is 10.7. The van der Waals surface area contributed by atoms with Gasteiger partial charge >= 0.3 is 0 Å². The van der Waals surface area contributed by atoms with Gasteiger partial charge in [0, 0.05) is 31.7 Å². The third kappa shape index (κ3) is 3.29. The molecule has 0 unspecified atom stereocenters. The number of methoxy groups -OCH3 is 1. The van der Waals surface area contributed by atoms with Gasteiger partial charge in [0.1, 0.15) is 6.10 Å². The average molecular weight is 324 g/mol. The molecule has 120 valence electrons. The molecule has 2 fully saturated rings. The highest BCUT2D eigenvalue weighted by Gasteiger charge is 2.43. The SMILES string of the molecule is CO[C@H]1CCN(C(=O)CCc2ccc(Cl)cc2)[C@H]2CCO[C@H]12. The fourth-order valence-electron chi connectivity index (χ4n) is 3.49. The highest BCUT2D eigenvalue weighted by atomic mass is 35.5. The van der Waals surface area contributed by atoms with Crippen molar-refractivity contribution in [3.63, 3.8) is 0 Å². The minimum Gasteiger partial charge on any atom is -0.379 e. The number of hydrogen-bond acceptors (Lipinski definition) is 3. The van der Waals surface area contributed by atoms with Crippen LogP contribution in [0, 0.1) is 0 Å². The summed E-state index contributed by atoms with van der Waals surface area (Å²) in [6.45, 7) is 1.48. The quantitative estimate of drug-likeness (QED) is 0.855. The minimum atomic E-state index is 0.0400. The van der Waals surface area contributed by atoms with E-state index in [-0.39, 0.29) is 24.2 Å². The van der Waals surface area contributed by atoms with Crippen molar-refractivity contribution in [3.05, 3.63) is 34.9 Å². The van der Waals surface area contributed by atoms with Crippen LogP contribution < -0.4 is 0 Å². The molecule has 0 bridgehead atoms. The number of fused-ring (bicyclic) bond motifs is 1. The zero-order valence-electron chi connectivity index (χ0n) is 12.8. The first-order valence-electron chi connectivity index (χ1n) is 7.87. The van der Waals surface area contributed by atoms with Crippen LogP contribution in [0.3, 0.4) is 0 Å². The third-order valence-corrected chi connectivity index (χ3v) is 4.94. The second kappa shape index (κ2) is 6.99. The van der Waals surface area contributed by atoms with E-state index in [1.54, 1.807) is 7.11 Å². The van der Waals surface area contributed by atoms with E-state index in [1.807, 2.05) is 29.2 Å². The van der Waals surface area contributed by atoms with Crippen LogP contribution in [0.15, 0.2) is 24.3 Å². The van der Waals surface area contributed by atoms with Gasteiger partial charge in [-0.15, -0.1) is 0 Å². The Hall–Kier alpha value is -1.10. The second-order valence-corrected chi connectivity index (χ2v) is 6.40. The van der Waals surface area contributed by atoms with Gasteiger partial charge in [0.15, 0.2) is 0 Å². The molecule has 1 aromatic carbocycles. The lowest BCUT2D eigenvalue weighted by molar-refractivity contribution is -0.143. The molecular formula is C17H22ClNO3. The molecule has 4 nitrogen and oxygen atoms in total. The third-order valence-electron chi connectivity index (χ3n) is 4.69. The van der Waals surface area contributed by atoms with Gasteiger partial charge < -0.3 is 14.4 Å². The maximum absolute atomic E-state index is 12.6. The summed E-state index contributed by atoms with van der Waals surface area (Å²) in [7, 11) is 1.72. The maximum Gasteiger partial charge on any atom is 0.223 e. The normalized spacial score (nSPS) is 27.7. The zero-order valence-corrected chi connectivity index (χ0v) is 13.6. The van der Waals surface area contributed by atoms with Crippen molar-refractivity contribution in [3.8, 4) is 0 Å². The second-order valence-electron chi connectivity index (χ2n) is 5.97. The van der Waals surface area contributed by atoms with E-state index >= 15 is 0 Å². The Morgan fingerprint density at radius 1 is 1.36 bits per heavy atom. The van der Waals surface area contributed by atoms with Crippen molar-refractivity contribution in [2.45, 2.75) is 43.9 Å². The molecule has 2 aliphatic heterocycles.